The van der Waals surface area contributed by atoms with Crippen LogP contribution in [0.5, 0.6) is 5.75 Å². The van der Waals surface area contributed by atoms with Crippen LogP contribution in [0.25, 0.3) is 0 Å². The number of halogens is 1. The first kappa shape index (κ1) is 18.7. The van der Waals surface area contributed by atoms with Crippen molar-refractivity contribution in [2.24, 2.45) is 10.7 Å². The Bertz CT molecular complexity index is 672. The molecule has 0 spiro atoms. The number of hydrogen-bond donors (Lipinski definition) is 2. The van der Waals surface area contributed by atoms with Crippen molar-refractivity contribution in [3.8, 4) is 5.75 Å². The number of ether oxygens (including phenoxy) is 2. The number of hydrogen-bond acceptors (Lipinski definition) is 3. The first-order valence-corrected chi connectivity index (χ1v) is 8.07. The number of nitrogens with one attached hydrogen (secondary N) is 1. The van der Waals surface area contributed by atoms with Gasteiger partial charge in [-0.25, -0.2) is 4.39 Å². The van der Waals surface area contributed by atoms with Crippen LogP contribution in [0.1, 0.15) is 17.2 Å². The molecule has 0 bridgehead atoms. The van der Waals surface area contributed by atoms with E-state index in [-0.39, 0.29) is 11.9 Å². The summed E-state index contributed by atoms with van der Waals surface area (Å²) >= 11 is 0. The number of rotatable bonds is 8. The first-order valence-electron chi connectivity index (χ1n) is 8.07. The van der Waals surface area contributed by atoms with Crippen LogP contribution in [0.3, 0.4) is 0 Å². The van der Waals surface area contributed by atoms with E-state index in [1.165, 1.54) is 17.7 Å². The quantitative estimate of drug-likeness (QED) is 0.570. The van der Waals surface area contributed by atoms with E-state index in [0.29, 0.717) is 19.0 Å². The van der Waals surface area contributed by atoms with Gasteiger partial charge in [-0.2, -0.15) is 0 Å². The maximum absolute atomic E-state index is 13.0. The molecule has 2 rings (SSSR count). The molecule has 6 heteroatoms. The standard InChI is InChI=1S/C19H24FN3O2/c1-24-17-9-3-14(4-10-17)11-12-22-19(21)23-13-18(25-2)15-5-7-16(20)8-6-15/h3-10,18H,11-13H2,1-2H3,(H3,21,22,23). The second-order valence-corrected chi connectivity index (χ2v) is 5.53. The highest BCUT2D eigenvalue weighted by Crippen LogP contribution is 2.17. The van der Waals surface area contributed by atoms with Crippen molar-refractivity contribution in [2.75, 3.05) is 27.3 Å². The van der Waals surface area contributed by atoms with E-state index >= 15 is 0 Å². The lowest BCUT2D eigenvalue weighted by Crippen LogP contribution is -2.33. The summed E-state index contributed by atoms with van der Waals surface area (Å²) in [4.78, 5) is 4.30. The average molecular weight is 345 g/mol. The molecule has 25 heavy (non-hydrogen) atoms. The minimum Gasteiger partial charge on any atom is -0.497 e. The highest BCUT2D eigenvalue weighted by atomic mass is 19.1. The van der Waals surface area contributed by atoms with Crippen LogP contribution in [0.4, 0.5) is 4.39 Å². The summed E-state index contributed by atoms with van der Waals surface area (Å²) in [5.41, 5.74) is 7.93. The average Bonchev–Trinajstić information content (AvgIpc) is 2.64. The zero-order valence-electron chi connectivity index (χ0n) is 14.5. The summed E-state index contributed by atoms with van der Waals surface area (Å²) in [5.74, 6) is 0.920. The van der Waals surface area contributed by atoms with Gasteiger partial charge in [-0.3, -0.25) is 4.99 Å². The largest absolute Gasteiger partial charge is 0.497 e. The Morgan fingerprint density at radius 1 is 1.12 bits per heavy atom. The Balaban J connectivity index is 1.80. The maximum Gasteiger partial charge on any atom is 0.188 e. The molecule has 0 radical (unpaired) electrons. The lowest BCUT2D eigenvalue weighted by atomic mass is 10.1. The molecule has 0 aliphatic carbocycles. The molecule has 2 aromatic rings. The van der Waals surface area contributed by atoms with Gasteiger partial charge in [0, 0.05) is 13.7 Å². The van der Waals surface area contributed by atoms with Crippen LogP contribution in [-0.4, -0.2) is 33.3 Å². The van der Waals surface area contributed by atoms with E-state index in [2.05, 4.69) is 10.3 Å². The summed E-state index contributed by atoms with van der Waals surface area (Å²) < 4.78 is 23.5. The van der Waals surface area contributed by atoms with Gasteiger partial charge in [-0.15, -0.1) is 0 Å². The smallest absolute Gasteiger partial charge is 0.188 e. The summed E-state index contributed by atoms with van der Waals surface area (Å²) in [7, 11) is 3.24. The van der Waals surface area contributed by atoms with Gasteiger partial charge in [0.05, 0.1) is 13.7 Å². The van der Waals surface area contributed by atoms with Gasteiger partial charge in [-0.05, 0) is 41.8 Å². The van der Waals surface area contributed by atoms with Crippen LogP contribution >= 0.6 is 0 Å². The molecule has 134 valence electrons. The predicted molar refractivity (Wildman–Crippen MR) is 97.3 cm³/mol. The van der Waals surface area contributed by atoms with Gasteiger partial charge in [0.25, 0.3) is 0 Å². The van der Waals surface area contributed by atoms with Crippen molar-refractivity contribution in [1.29, 1.82) is 0 Å². The molecule has 0 aliphatic heterocycles. The topological polar surface area (TPSA) is 68.9 Å². The Morgan fingerprint density at radius 2 is 1.80 bits per heavy atom. The van der Waals surface area contributed by atoms with Gasteiger partial charge in [0.1, 0.15) is 17.7 Å². The Labute approximate surface area is 147 Å². The number of guanidine groups is 1. The molecule has 1 atom stereocenters. The van der Waals surface area contributed by atoms with Crippen molar-refractivity contribution in [3.05, 3.63) is 65.5 Å². The summed E-state index contributed by atoms with van der Waals surface area (Å²) in [6.45, 7) is 1.04. The summed E-state index contributed by atoms with van der Waals surface area (Å²) in [5, 5.41) is 3.08. The van der Waals surface area contributed by atoms with E-state index in [1.807, 2.05) is 24.3 Å². The van der Waals surface area contributed by atoms with Crippen LogP contribution in [0.15, 0.2) is 53.5 Å². The third-order valence-corrected chi connectivity index (χ3v) is 3.83. The zero-order chi connectivity index (χ0) is 18.1. The van der Waals surface area contributed by atoms with Gasteiger partial charge in [-0.1, -0.05) is 24.3 Å². The molecule has 5 nitrogen and oxygen atoms in total. The van der Waals surface area contributed by atoms with Gasteiger partial charge >= 0.3 is 0 Å². The molecule has 0 amide bonds. The number of aliphatic imine (C=N–C) groups is 1. The molecule has 3 N–H and O–H groups in total. The van der Waals surface area contributed by atoms with E-state index < -0.39 is 0 Å². The molecule has 2 aromatic carbocycles. The Kier molecular flexibility index (Phi) is 7.22. The van der Waals surface area contributed by atoms with Crippen molar-refractivity contribution < 1.29 is 13.9 Å². The van der Waals surface area contributed by atoms with E-state index in [1.54, 1.807) is 26.4 Å². The third-order valence-electron chi connectivity index (χ3n) is 3.83. The normalized spacial score (nSPS) is 12.7. The van der Waals surface area contributed by atoms with Gasteiger partial charge in [0.2, 0.25) is 0 Å². The molecular formula is C19H24FN3O2. The number of methoxy groups -OCH3 is 2. The second kappa shape index (κ2) is 9.64. The molecule has 0 saturated carbocycles. The number of nitrogens with zero attached hydrogens (tertiary/aromatic N) is 1. The lowest BCUT2D eigenvalue weighted by molar-refractivity contribution is 0.111. The highest BCUT2D eigenvalue weighted by molar-refractivity contribution is 5.77. The lowest BCUT2D eigenvalue weighted by Gasteiger charge is -2.14. The molecule has 0 aromatic heterocycles. The molecular weight excluding hydrogens is 321 g/mol. The van der Waals surface area contributed by atoms with E-state index in [0.717, 1.165) is 17.7 Å². The minimum absolute atomic E-state index is 0.262. The maximum atomic E-state index is 13.0. The Morgan fingerprint density at radius 3 is 2.40 bits per heavy atom. The third kappa shape index (κ3) is 6.08. The fraction of sp³-hybridized carbons (Fsp3) is 0.316. The monoisotopic (exact) mass is 345 g/mol. The van der Waals surface area contributed by atoms with Gasteiger partial charge in [0.15, 0.2) is 5.96 Å². The van der Waals surface area contributed by atoms with E-state index in [9.17, 15) is 4.39 Å². The Hall–Kier alpha value is -2.60. The fourth-order valence-corrected chi connectivity index (χ4v) is 2.36. The fourth-order valence-electron chi connectivity index (χ4n) is 2.36. The van der Waals surface area contributed by atoms with E-state index in [4.69, 9.17) is 15.2 Å². The van der Waals surface area contributed by atoms with Crippen molar-refractivity contribution in [1.82, 2.24) is 5.32 Å². The van der Waals surface area contributed by atoms with Crippen LogP contribution < -0.4 is 15.8 Å². The summed E-state index contributed by atoms with van der Waals surface area (Å²) in [6.07, 6.45) is 0.564. The van der Waals surface area contributed by atoms with Gasteiger partial charge < -0.3 is 20.5 Å². The van der Waals surface area contributed by atoms with Crippen molar-refractivity contribution >= 4 is 5.96 Å². The molecule has 1 unspecified atom stereocenters. The van der Waals surface area contributed by atoms with Crippen molar-refractivity contribution in [2.45, 2.75) is 12.5 Å². The van der Waals surface area contributed by atoms with Crippen LogP contribution in [-0.2, 0) is 11.2 Å². The number of benzene rings is 2. The van der Waals surface area contributed by atoms with Crippen LogP contribution in [0, 0.1) is 5.82 Å². The first-order chi connectivity index (χ1) is 12.1. The highest BCUT2D eigenvalue weighted by Gasteiger charge is 2.10. The SMILES string of the molecule is COc1ccc(CCNC(N)=NCC(OC)c2ccc(F)cc2)cc1. The molecule has 0 fully saturated rings. The van der Waals surface area contributed by atoms with Crippen LogP contribution in [0.2, 0.25) is 0 Å². The second-order valence-electron chi connectivity index (χ2n) is 5.53. The molecule has 0 aliphatic rings. The minimum atomic E-state index is -0.276. The zero-order valence-corrected chi connectivity index (χ0v) is 14.5. The summed E-state index contributed by atoms with van der Waals surface area (Å²) in [6, 6.07) is 14.1. The predicted octanol–water partition coefficient (Wildman–Crippen LogP) is 2.67. The molecule has 0 saturated heterocycles. The molecule has 0 heterocycles. The number of nitrogens with two attached hydrogens (primary N) is 1. The van der Waals surface area contributed by atoms with Crippen molar-refractivity contribution in [3.63, 3.8) is 0 Å².